The van der Waals surface area contributed by atoms with Gasteiger partial charge in [0, 0.05) is 36.6 Å². The van der Waals surface area contributed by atoms with Crippen LogP contribution < -0.4 is 15.0 Å². The SMILES string of the molecule is CCOc1cc(-c2ccc(N3CC[C@H](NC(=O)c4ncccc4C(F)(F)F)[C@@H](O)C3)nc2)c2c3cn[nH]c3nn2c1. The average Bonchev–Trinajstić information content (AvgIpc) is 3.55. The molecule has 41 heavy (non-hydrogen) atoms. The van der Waals surface area contributed by atoms with Crippen LogP contribution in [0.5, 0.6) is 5.75 Å². The Hall–Kier alpha value is -4.72. The molecule has 1 saturated heterocycles. The molecule has 212 valence electrons. The Morgan fingerprint density at radius 2 is 2.10 bits per heavy atom. The van der Waals surface area contributed by atoms with E-state index in [9.17, 15) is 23.1 Å². The van der Waals surface area contributed by atoms with Gasteiger partial charge in [-0.3, -0.25) is 14.9 Å². The van der Waals surface area contributed by atoms with Gasteiger partial charge in [0.05, 0.1) is 47.6 Å². The number of nitrogens with one attached hydrogen (secondary N) is 2. The summed E-state index contributed by atoms with van der Waals surface area (Å²) in [6.45, 7) is 2.95. The maximum atomic E-state index is 13.3. The fourth-order valence-corrected chi connectivity index (χ4v) is 5.10. The predicted molar refractivity (Wildman–Crippen MR) is 143 cm³/mol. The highest BCUT2D eigenvalue weighted by atomic mass is 19.4. The van der Waals surface area contributed by atoms with E-state index in [1.54, 1.807) is 23.1 Å². The lowest BCUT2D eigenvalue weighted by Crippen LogP contribution is -2.54. The van der Waals surface area contributed by atoms with E-state index >= 15 is 0 Å². The van der Waals surface area contributed by atoms with Gasteiger partial charge in [0.1, 0.15) is 17.3 Å². The molecule has 1 aliphatic rings. The summed E-state index contributed by atoms with van der Waals surface area (Å²) in [6, 6.07) is 6.85. The summed E-state index contributed by atoms with van der Waals surface area (Å²) in [5.74, 6) is 0.281. The summed E-state index contributed by atoms with van der Waals surface area (Å²) >= 11 is 0. The van der Waals surface area contributed by atoms with Gasteiger partial charge in [0.2, 0.25) is 0 Å². The maximum Gasteiger partial charge on any atom is 0.418 e. The number of hydrogen-bond donors (Lipinski definition) is 3. The van der Waals surface area contributed by atoms with E-state index in [1.165, 1.54) is 0 Å². The number of H-pyrrole nitrogens is 1. The third-order valence-electron chi connectivity index (χ3n) is 7.02. The lowest BCUT2D eigenvalue weighted by Gasteiger charge is -2.37. The van der Waals surface area contributed by atoms with Crippen molar-refractivity contribution < 1.29 is 27.8 Å². The molecule has 6 heterocycles. The smallest absolute Gasteiger partial charge is 0.418 e. The molecule has 14 heteroatoms. The molecule has 0 unspecified atom stereocenters. The van der Waals surface area contributed by atoms with Crippen molar-refractivity contribution in [2.45, 2.75) is 31.7 Å². The Bertz CT molecular complexity index is 1720. The third-order valence-corrected chi connectivity index (χ3v) is 7.02. The number of aliphatic hydroxyl groups excluding tert-OH is 1. The molecular formula is C27H25F3N8O3. The van der Waals surface area contributed by atoms with E-state index in [1.807, 2.05) is 30.0 Å². The van der Waals surface area contributed by atoms with E-state index in [4.69, 9.17) is 4.74 Å². The number of halogens is 3. The average molecular weight is 567 g/mol. The number of aromatic nitrogens is 6. The summed E-state index contributed by atoms with van der Waals surface area (Å²) < 4.78 is 47.4. The van der Waals surface area contributed by atoms with E-state index in [0.29, 0.717) is 36.8 Å². The van der Waals surface area contributed by atoms with Crippen LogP contribution in [0.3, 0.4) is 0 Å². The monoisotopic (exact) mass is 566 g/mol. The van der Waals surface area contributed by atoms with Gasteiger partial charge in [-0.25, -0.2) is 9.50 Å². The van der Waals surface area contributed by atoms with Crippen LogP contribution in [0, 0.1) is 0 Å². The molecule has 2 atom stereocenters. The molecule has 1 aliphatic heterocycles. The van der Waals surface area contributed by atoms with Crippen LogP contribution >= 0.6 is 0 Å². The van der Waals surface area contributed by atoms with Crippen LogP contribution in [-0.2, 0) is 6.18 Å². The van der Waals surface area contributed by atoms with Gasteiger partial charge < -0.3 is 20.1 Å². The summed E-state index contributed by atoms with van der Waals surface area (Å²) in [7, 11) is 0. The minimum absolute atomic E-state index is 0.133. The first kappa shape index (κ1) is 26.5. The van der Waals surface area contributed by atoms with Crippen molar-refractivity contribution in [1.29, 1.82) is 0 Å². The molecule has 0 aromatic carbocycles. The number of fused-ring (bicyclic) bond motifs is 3. The largest absolute Gasteiger partial charge is 0.492 e. The van der Waals surface area contributed by atoms with E-state index in [2.05, 4.69) is 30.6 Å². The molecule has 3 N–H and O–H groups in total. The first-order chi connectivity index (χ1) is 19.7. The summed E-state index contributed by atoms with van der Waals surface area (Å²) in [5.41, 5.74) is 1.32. The number of carbonyl (C=O) groups is 1. The van der Waals surface area contributed by atoms with Gasteiger partial charge in [0.25, 0.3) is 5.91 Å². The molecule has 1 amide bonds. The van der Waals surface area contributed by atoms with Crippen molar-refractivity contribution in [2.75, 3.05) is 24.6 Å². The van der Waals surface area contributed by atoms with Gasteiger partial charge in [0.15, 0.2) is 5.65 Å². The maximum absolute atomic E-state index is 13.3. The van der Waals surface area contributed by atoms with Crippen LogP contribution in [0.25, 0.3) is 27.7 Å². The molecule has 6 rings (SSSR count). The number of nitrogens with zero attached hydrogens (tertiary/aromatic N) is 6. The Morgan fingerprint density at radius 1 is 1.24 bits per heavy atom. The van der Waals surface area contributed by atoms with Crippen molar-refractivity contribution in [2.24, 2.45) is 0 Å². The van der Waals surface area contributed by atoms with Crippen LogP contribution in [0.15, 0.2) is 55.1 Å². The van der Waals surface area contributed by atoms with Crippen LogP contribution in [0.2, 0.25) is 0 Å². The van der Waals surface area contributed by atoms with Crippen molar-refractivity contribution in [3.05, 3.63) is 66.4 Å². The topological polar surface area (TPSA) is 134 Å². The zero-order chi connectivity index (χ0) is 28.7. The summed E-state index contributed by atoms with van der Waals surface area (Å²) in [6.07, 6.45) is 0.914. The van der Waals surface area contributed by atoms with Gasteiger partial charge in [-0.15, -0.1) is 5.10 Å². The first-order valence-electron chi connectivity index (χ1n) is 12.9. The van der Waals surface area contributed by atoms with Gasteiger partial charge >= 0.3 is 6.18 Å². The molecule has 11 nitrogen and oxygen atoms in total. The minimum Gasteiger partial charge on any atom is -0.492 e. The summed E-state index contributed by atoms with van der Waals surface area (Å²) in [5, 5.41) is 25.6. The number of anilines is 1. The van der Waals surface area contributed by atoms with Crippen LogP contribution in [0.1, 0.15) is 29.4 Å². The normalized spacial score (nSPS) is 17.7. The second kappa shape index (κ2) is 10.4. The highest BCUT2D eigenvalue weighted by Gasteiger charge is 2.37. The molecule has 0 radical (unpaired) electrons. The van der Waals surface area contributed by atoms with E-state index < -0.39 is 35.5 Å². The lowest BCUT2D eigenvalue weighted by molar-refractivity contribution is -0.138. The number of aliphatic hydroxyl groups is 1. The van der Waals surface area contributed by atoms with Crippen LogP contribution in [-0.4, -0.2) is 72.6 Å². The predicted octanol–water partition coefficient (Wildman–Crippen LogP) is 3.45. The number of hydrogen-bond acceptors (Lipinski definition) is 8. The molecule has 0 saturated carbocycles. The number of β-amino-alcohol motifs (C(OH)–C–C–N with tert-alkyl or cyclic N) is 1. The number of amides is 1. The van der Waals surface area contributed by atoms with Crippen molar-refractivity contribution in [3.63, 3.8) is 0 Å². The quantitative estimate of drug-likeness (QED) is 0.285. The lowest BCUT2D eigenvalue weighted by atomic mass is 10.0. The summed E-state index contributed by atoms with van der Waals surface area (Å²) in [4.78, 5) is 22.7. The second-order valence-electron chi connectivity index (χ2n) is 9.63. The fraction of sp³-hybridized carbons (Fsp3) is 0.296. The fourth-order valence-electron chi connectivity index (χ4n) is 5.10. The molecule has 0 aliphatic carbocycles. The minimum atomic E-state index is -4.72. The van der Waals surface area contributed by atoms with Crippen molar-refractivity contribution in [3.8, 4) is 16.9 Å². The molecule has 0 bridgehead atoms. The molecule has 0 spiro atoms. The van der Waals surface area contributed by atoms with Gasteiger partial charge in [-0.1, -0.05) is 0 Å². The standard InChI is InChI=1S/C27H25F3N8O3/c1-2-41-16-10-17(24-18-12-33-35-25(18)36-38(24)13-16)15-5-6-22(32-11-15)37-9-7-20(21(39)14-37)34-26(40)23-19(27(28,29)30)4-3-8-31-23/h3-6,8,10-13,20-21,39H,2,7,9,14H2,1H3,(H,34,40)(H,35,36)/t20-,21-/m0/s1. The first-order valence-corrected chi connectivity index (χ1v) is 12.9. The Balaban J connectivity index is 1.19. The van der Waals surface area contributed by atoms with Crippen molar-refractivity contribution in [1.82, 2.24) is 35.1 Å². The highest BCUT2D eigenvalue weighted by molar-refractivity contribution is 6.01. The molecule has 5 aromatic rings. The number of ether oxygens (including phenoxy) is 1. The van der Waals surface area contributed by atoms with Crippen LogP contribution in [0.4, 0.5) is 19.0 Å². The van der Waals surface area contributed by atoms with E-state index in [0.717, 1.165) is 40.4 Å². The molecule has 1 fully saturated rings. The number of pyridine rings is 3. The number of aromatic amines is 1. The zero-order valence-electron chi connectivity index (χ0n) is 21.8. The number of alkyl halides is 3. The number of carbonyl (C=O) groups excluding carboxylic acids is 1. The Kier molecular flexibility index (Phi) is 6.69. The Labute approximate surface area is 231 Å². The zero-order valence-corrected chi connectivity index (χ0v) is 21.8. The number of piperidine rings is 1. The highest BCUT2D eigenvalue weighted by Crippen LogP contribution is 2.34. The van der Waals surface area contributed by atoms with E-state index in [-0.39, 0.29) is 6.54 Å². The molecular weight excluding hydrogens is 541 g/mol. The molecule has 5 aromatic heterocycles. The Morgan fingerprint density at radius 3 is 2.83 bits per heavy atom. The van der Waals surface area contributed by atoms with Crippen molar-refractivity contribution >= 4 is 28.3 Å². The van der Waals surface area contributed by atoms with Gasteiger partial charge in [-0.2, -0.15) is 18.3 Å². The van der Waals surface area contributed by atoms with Gasteiger partial charge in [-0.05, 0) is 43.7 Å². The third kappa shape index (κ3) is 5.01. The second-order valence-corrected chi connectivity index (χ2v) is 9.63. The number of rotatable bonds is 6.